The lowest BCUT2D eigenvalue weighted by Crippen LogP contribution is -2.56. The first-order valence-electron chi connectivity index (χ1n) is 8.87. The van der Waals surface area contributed by atoms with Crippen molar-refractivity contribution in [2.75, 3.05) is 13.1 Å². The minimum absolute atomic E-state index is 0. The average molecular weight is 374 g/mol. The minimum Gasteiger partial charge on any atom is -0.311 e. The Labute approximate surface area is 161 Å². The summed E-state index contributed by atoms with van der Waals surface area (Å²) in [5.41, 5.74) is 2.69. The summed E-state index contributed by atoms with van der Waals surface area (Å²) in [5, 5.41) is 13.1. The molecule has 3 atom stereocenters. The third kappa shape index (κ3) is 4.24. The van der Waals surface area contributed by atoms with Crippen molar-refractivity contribution in [2.45, 2.75) is 38.4 Å². The van der Waals surface area contributed by atoms with Gasteiger partial charge in [-0.1, -0.05) is 37.3 Å². The molecule has 26 heavy (non-hydrogen) atoms. The Balaban J connectivity index is 0.00000243. The molecular weight excluding hydrogens is 349 g/mol. The number of hydrogen-bond acceptors (Lipinski definition) is 3. The van der Waals surface area contributed by atoms with Crippen LogP contribution in [0, 0.1) is 17.1 Å². The van der Waals surface area contributed by atoms with E-state index in [1.165, 1.54) is 12.1 Å². The summed E-state index contributed by atoms with van der Waals surface area (Å²) in [6, 6.07) is 17.5. The summed E-state index contributed by atoms with van der Waals surface area (Å²) < 4.78 is 13.5. The minimum atomic E-state index is -0.239. The Bertz CT molecular complexity index is 757. The van der Waals surface area contributed by atoms with Gasteiger partial charge >= 0.3 is 0 Å². The van der Waals surface area contributed by atoms with E-state index < -0.39 is 0 Å². The van der Waals surface area contributed by atoms with Crippen LogP contribution >= 0.6 is 12.4 Å². The van der Waals surface area contributed by atoms with Crippen LogP contribution in [0.1, 0.15) is 43.0 Å². The maximum Gasteiger partial charge on any atom is 0.123 e. The van der Waals surface area contributed by atoms with Gasteiger partial charge in [0.15, 0.2) is 0 Å². The number of benzene rings is 2. The molecule has 0 amide bonds. The molecular formula is C21H25ClFN3. The fourth-order valence-corrected chi connectivity index (χ4v) is 3.71. The van der Waals surface area contributed by atoms with Crippen molar-refractivity contribution >= 4 is 12.4 Å². The fraction of sp³-hybridized carbons (Fsp3) is 0.381. The Hall–Kier alpha value is -1.93. The Morgan fingerprint density at radius 1 is 1.23 bits per heavy atom. The highest BCUT2D eigenvalue weighted by Gasteiger charge is 2.33. The summed E-state index contributed by atoms with van der Waals surface area (Å²) in [7, 11) is 0. The van der Waals surface area contributed by atoms with Crippen molar-refractivity contribution in [2.24, 2.45) is 0 Å². The van der Waals surface area contributed by atoms with E-state index in [4.69, 9.17) is 0 Å². The van der Waals surface area contributed by atoms with Gasteiger partial charge in [-0.05, 0) is 42.7 Å². The monoisotopic (exact) mass is 373 g/mol. The molecule has 0 bridgehead atoms. The van der Waals surface area contributed by atoms with Crippen molar-refractivity contribution in [3.63, 3.8) is 0 Å². The SMILES string of the molecule is CC[C@@H]1CN[C@@H](C)CN1C(c1ccc(F)cc1)c1ccccc1C#N.Cl. The van der Waals surface area contributed by atoms with Crippen LogP contribution in [0.2, 0.25) is 0 Å². The fourth-order valence-electron chi connectivity index (χ4n) is 3.71. The zero-order valence-corrected chi connectivity index (χ0v) is 16.0. The molecule has 2 aromatic carbocycles. The van der Waals surface area contributed by atoms with Crippen LogP contribution in [0.15, 0.2) is 48.5 Å². The van der Waals surface area contributed by atoms with E-state index in [1.807, 2.05) is 36.4 Å². The van der Waals surface area contributed by atoms with Gasteiger partial charge < -0.3 is 5.32 Å². The average Bonchev–Trinajstić information content (AvgIpc) is 2.64. The van der Waals surface area contributed by atoms with E-state index in [0.717, 1.165) is 30.6 Å². The van der Waals surface area contributed by atoms with E-state index in [9.17, 15) is 9.65 Å². The topological polar surface area (TPSA) is 39.1 Å². The quantitative estimate of drug-likeness (QED) is 0.869. The zero-order valence-electron chi connectivity index (χ0n) is 15.2. The first-order chi connectivity index (χ1) is 12.1. The summed E-state index contributed by atoms with van der Waals surface area (Å²) >= 11 is 0. The number of hydrogen-bond donors (Lipinski definition) is 1. The van der Waals surface area contributed by atoms with Gasteiger partial charge in [-0.25, -0.2) is 4.39 Å². The number of piperazine rings is 1. The Morgan fingerprint density at radius 2 is 1.92 bits per heavy atom. The number of rotatable bonds is 4. The van der Waals surface area contributed by atoms with Gasteiger partial charge in [-0.2, -0.15) is 5.26 Å². The molecule has 1 heterocycles. The lowest BCUT2D eigenvalue weighted by molar-refractivity contribution is 0.0995. The maximum atomic E-state index is 13.5. The van der Waals surface area contributed by atoms with Crippen molar-refractivity contribution in [3.8, 4) is 6.07 Å². The number of nitrogens with zero attached hydrogens (tertiary/aromatic N) is 2. The van der Waals surface area contributed by atoms with E-state index >= 15 is 0 Å². The lowest BCUT2D eigenvalue weighted by Gasteiger charge is -2.44. The third-order valence-corrected chi connectivity index (χ3v) is 5.02. The van der Waals surface area contributed by atoms with E-state index in [-0.39, 0.29) is 24.3 Å². The first-order valence-corrected chi connectivity index (χ1v) is 8.87. The zero-order chi connectivity index (χ0) is 17.8. The molecule has 3 nitrogen and oxygen atoms in total. The molecule has 3 rings (SSSR count). The summed E-state index contributed by atoms with van der Waals surface area (Å²) in [5.74, 6) is -0.239. The standard InChI is InChI=1S/C21H24FN3.ClH/c1-3-19-13-24-15(2)14-25(19)21(16-8-10-18(22)11-9-16)20-7-5-4-6-17(20)12-23;/h4-11,15,19,21,24H,3,13-14H2,1-2H3;1H/t15-,19+,21?;/m0./s1. The highest BCUT2D eigenvalue weighted by molar-refractivity contribution is 5.85. The van der Waals surface area contributed by atoms with Gasteiger partial charge in [0, 0.05) is 25.2 Å². The van der Waals surface area contributed by atoms with Crippen molar-refractivity contribution in [1.82, 2.24) is 10.2 Å². The summed E-state index contributed by atoms with van der Waals surface area (Å²) in [4.78, 5) is 2.46. The molecule has 1 aliphatic rings. The molecule has 0 radical (unpaired) electrons. The predicted molar refractivity (Wildman–Crippen MR) is 105 cm³/mol. The van der Waals surface area contributed by atoms with E-state index in [1.54, 1.807) is 0 Å². The van der Waals surface area contributed by atoms with Crippen molar-refractivity contribution in [1.29, 1.82) is 5.26 Å². The number of nitriles is 1. The smallest absolute Gasteiger partial charge is 0.123 e. The highest BCUT2D eigenvalue weighted by atomic mass is 35.5. The van der Waals surface area contributed by atoms with Gasteiger partial charge in [0.25, 0.3) is 0 Å². The largest absolute Gasteiger partial charge is 0.311 e. The molecule has 1 unspecified atom stereocenters. The molecule has 0 saturated carbocycles. The molecule has 1 saturated heterocycles. The summed E-state index contributed by atoms with van der Waals surface area (Å²) in [6.45, 7) is 6.18. The molecule has 138 valence electrons. The predicted octanol–water partition coefficient (Wildman–Crippen LogP) is 4.28. The number of halogens is 2. The molecule has 1 fully saturated rings. The van der Waals surface area contributed by atoms with Gasteiger partial charge in [-0.15, -0.1) is 12.4 Å². The third-order valence-electron chi connectivity index (χ3n) is 5.02. The lowest BCUT2D eigenvalue weighted by atomic mass is 9.90. The van der Waals surface area contributed by atoms with Crippen LogP contribution in [-0.2, 0) is 0 Å². The van der Waals surface area contributed by atoms with Crippen LogP contribution in [0.5, 0.6) is 0 Å². The first kappa shape index (κ1) is 20.4. The second kappa shape index (κ2) is 9.14. The number of nitrogens with one attached hydrogen (secondary N) is 1. The van der Waals surface area contributed by atoms with Crippen molar-refractivity contribution < 1.29 is 4.39 Å². The normalized spacial score (nSPS) is 21.5. The van der Waals surface area contributed by atoms with Crippen LogP contribution in [0.3, 0.4) is 0 Å². The summed E-state index contributed by atoms with van der Waals surface area (Å²) in [6.07, 6.45) is 1.02. The second-order valence-corrected chi connectivity index (χ2v) is 6.72. The van der Waals surface area contributed by atoms with E-state index in [2.05, 4.69) is 30.1 Å². The van der Waals surface area contributed by atoms with Crippen LogP contribution in [0.25, 0.3) is 0 Å². The molecule has 2 aromatic rings. The van der Waals surface area contributed by atoms with Crippen molar-refractivity contribution in [3.05, 3.63) is 71.0 Å². The molecule has 0 aliphatic carbocycles. The molecule has 1 N–H and O–H groups in total. The highest BCUT2D eigenvalue weighted by Crippen LogP contribution is 2.34. The van der Waals surface area contributed by atoms with Gasteiger partial charge in [-0.3, -0.25) is 4.90 Å². The van der Waals surface area contributed by atoms with Gasteiger partial charge in [0.1, 0.15) is 5.82 Å². The second-order valence-electron chi connectivity index (χ2n) is 6.72. The van der Waals surface area contributed by atoms with Crippen LogP contribution in [-0.4, -0.2) is 30.1 Å². The molecule has 0 aromatic heterocycles. The van der Waals surface area contributed by atoms with Gasteiger partial charge in [0.05, 0.1) is 17.7 Å². The van der Waals surface area contributed by atoms with Crippen LogP contribution in [0.4, 0.5) is 4.39 Å². The van der Waals surface area contributed by atoms with Gasteiger partial charge in [0.2, 0.25) is 0 Å². The molecule has 1 aliphatic heterocycles. The maximum absolute atomic E-state index is 13.5. The van der Waals surface area contributed by atoms with E-state index in [0.29, 0.717) is 17.6 Å². The Kier molecular flexibility index (Phi) is 7.16. The molecule has 0 spiro atoms. The van der Waals surface area contributed by atoms with Crippen LogP contribution < -0.4 is 5.32 Å². The Morgan fingerprint density at radius 3 is 2.58 bits per heavy atom. The molecule has 5 heteroatoms.